The van der Waals surface area contributed by atoms with E-state index in [2.05, 4.69) is 36.5 Å². The van der Waals surface area contributed by atoms with Crippen LogP contribution in [-0.2, 0) is 6.54 Å². The summed E-state index contributed by atoms with van der Waals surface area (Å²) in [6, 6.07) is 0. The van der Waals surface area contributed by atoms with Crippen molar-refractivity contribution in [3.05, 3.63) is 16.1 Å². The molecule has 1 heterocycles. The quantitative estimate of drug-likeness (QED) is 0.777. The molecule has 0 atom stereocenters. The van der Waals surface area contributed by atoms with Crippen LogP contribution in [0.4, 0.5) is 0 Å². The van der Waals surface area contributed by atoms with Crippen LogP contribution in [0.2, 0.25) is 0 Å². The van der Waals surface area contributed by atoms with E-state index >= 15 is 0 Å². The van der Waals surface area contributed by atoms with E-state index in [1.807, 2.05) is 0 Å². The Morgan fingerprint density at radius 2 is 2.33 bits per heavy atom. The Hall–Kier alpha value is -0.410. The molecule has 0 aromatic carbocycles. The lowest BCUT2D eigenvalue weighted by atomic mass is 10.2. The van der Waals surface area contributed by atoms with Crippen molar-refractivity contribution in [2.24, 2.45) is 0 Å². The van der Waals surface area contributed by atoms with Gasteiger partial charge >= 0.3 is 0 Å². The van der Waals surface area contributed by atoms with Crippen molar-refractivity contribution in [3.63, 3.8) is 0 Å². The van der Waals surface area contributed by atoms with Crippen LogP contribution in [0.1, 0.15) is 37.4 Å². The Labute approximate surface area is 78.0 Å². The maximum Gasteiger partial charge on any atom is 0.0954 e. The van der Waals surface area contributed by atoms with E-state index in [0.29, 0.717) is 5.92 Å². The second-order valence-corrected chi connectivity index (χ2v) is 4.00. The van der Waals surface area contributed by atoms with Gasteiger partial charge in [0.15, 0.2) is 0 Å². The van der Waals surface area contributed by atoms with Gasteiger partial charge in [0, 0.05) is 17.8 Å². The van der Waals surface area contributed by atoms with Crippen LogP contribution in [0.3, 0.4) is 0 Å². The average Bonchev–Trinajstić information content (AvgIpc) is 2.48. The van der Waals surface area contributed by atoms with Gasteiger partial charge < -0.3 is 5.32 Å². The monoisotopic (exact) mass is 184 g/mol. The van der Waals surface area contributed by atoms with Crippen LogP contribution < -0.4 is 5.32 Å². The highest BCUT2D eigenvalue weighted by Gasteiger charge is 2.04. The van der Waals surface area contributed by atoms with E-state index < -0.39 is 0 Å². The van der Waals surface area contributed by atoms with Crippen LogP contribution in [0.25, 0.3) is 0 Å². The fraction of sp³-hybridized carbons (Fsp3) is 0.667. The lowest BCUT2D eigenvalue weighted by Gasteiger charge is -1.97. The van der Waals surface area contributed by atoms with Crippen molar-refractivity contribution in [3.8, 4) is 0 Å². The molecule has 12 heavy (non-hydrogen) atoms. The second kappa shape index (κ2) is 4.58. The Bertz CT molecular complexity index is 230. The number of hydrogen-bond donors (Lipinski definition) is 1. The molecule has 0 spiro atoms. The molecule has 1 aromatic heterocycles. The Morgan fingerprint density at radius 3 is 2.83 bits per heavy atom. The molecule has 1 N–H and O–H groups in total. The molecule has 0 aliphatic rings. The standard InChI is InChI=1S/C9H16N2S/c1-4-10-5-8-6-12-9(11-8)7(2)3/h6-7,10H,4-5H2,1-3H3. The van der Waals surface area contributed by atoms with Crippen molar-refractivity contribution in [1.29, 1.82) is 0 Å². The smallest absolute Gasteiger partial charge is 0.0954 e. The normalized spacial score (nSPS) is 11.0. The lowest BCUT2D eigenvalue weighted by Crippen LogP contribution is -2.11. The van der Waals surface area contributed by atoms with E-state index in [1.165, 1.54) is 10.7 Å². The molecule has 1 aromatic rings. The summed E-state index contributed by atoms with van der Waals surface area (Å²) in [5, 5.41) is 6.64. The van der Waals surface area contributed by atoms with Gasteiger partial charge in [-0.1, -0.05) is 20.8 Å². The number of rotatable bonds is 4. The molecule has 0 saturated carbocycles. The minimum Gasteiger partial charge on any atom is -0.311 e. The number of nitrogens with zero attached hydrogens (tertiary/aromatic N) is 1. The van der Waals surface area contributed by atoms with Crippen LogP contribution in [0, 0.1) is 0 Å². The highest BCUT2D eigenvalue weighted by molar-refractivity contribution is 7.09. The van der Waals surface area contributed by atoms with Crippen molar-refractivity contribution >= 4 is 11.3 Å². The topological polar surface area (TPSA) is 24.9 Å². The molecule has 1 rings (SSSR count). The van der Waals surface area contributed by atoms with E-state index in [-0.39, 0.29) is 0 Å². The summed E-state index contributed by atoms with van der Waals surface area (Å²) in [7, 11) is 0. The third-order valence-corrected chi connectivity index (χ3v) is 2.81. The van der Waals surface area contributed by atoms with Gasteiger partial charge in [-0.15, -0.1) is 11.3 Å². The minimum atomic E-state index is 0.561. The zero-order chi connectivity index (χ0) is 8.97. The Balaban J connectivity index is 2.52. The molecule has 0 aliphatic carbocycles. The van der Waals surface area contributed by atoms with Gasteiger partial charge in [-0.25, -0.2) is 4.98 Å². The van der Waals surface area contributed by atoms with Crippen LogP contribution >= 0.6 is 11.3 Å². The molecule has 3 heteroatoms. The van der Waals surface area contributed by atoms with E-state index in [0.717, 1.165) is 13.1 Å². The average molecular weight is 184 g/mol. The molecular weight excluding hydrogens is 168 g/mol. The summed E-state index contributed by atoms with van der Waals surface area (Å²) in [5.74, 6) is 0.561. The predicted molar refractivity (Wildman–Crippen MR) is 53.6 cm³/mol. The van der Waals surface area contributed by atoms with Gasteiger partial charge in [0.1, 0.15) is 0 Å². The zero-order valence-corrected chi connectivity index (χ0v) is 8.74. The first-order valence-corrected chi connectivity index (χ1v) is 5.27. The fourth-order valence-corrected chi connectivity index (χ4v) is 1.76. The van der Waals surface area contributed by atoms with E-state index in [1.54, 1.807) is 11.3 Å². The number of hydrogen-bond acceptors (Lipinski definition) is 3. The summed E-state index contributed by atoms with van der Waals surface area (Å²) in [6.45, 7) is 8.37. The number of thiazole rings is 1. The summed E-state index contributed by atoms with van der Waals surface area (Å²) in [4.78, 5) is 4.50. The van der Waals surface area contributed by atoms with Gasteiger partial charge in [-0.3, -0.25) is 0 Å². The Morgan fingerprint density at radius 1 is 1.58 bits per heavy atom. The molecule has 0 saturated heterocycles. The predicted octanol–water partition coefficient (Wildman–Crippen LogP) is 2.38. The first kappa shape index (κ1) is 9.68. The second-order valence-electron chi connectivity index (χ2n) is 3.11. The van der Waals surface area contributed by atoms with Gasteiger partial charge in [-0.05, 0) is 6.54 Å². The molecule has 0 unspecified atom stereocenters. The van der Waals surface area contributed by atoms with E-state index in [4.69, 9.17) is 0 Å². The summed E-state index contributed by atoms with van der Waals surface area (Å²) in [5.41, 5.74) is 1.17. The van der Waals surface area contributed by atoms with Crippen LogP contribution in [0.5, 0.6) is 0 Å². The molecule has 0 amide bonds. The third kappa shape index (κ3) is 2.57. The first-order chi connectivity index (χ1) is 5.74. The zero-order valence-electron chi connectivity index (χ0n) is 7.92. The highest BCUT2D eigenvalue weighted by Crippen LogP contribution is 2.18. The first-order valence-electron chi connectivity index (χ1n) is 4.39. The van der Waals surface area contributed by atoms with Crippen molar-refractivity contribution in [2.75, 3.05) is 6.54 Å². The molecule has 0 aliphatic heterocycles. The minimum absolute atomic E-state index is 0.561. The molecule has 68 valence electrons. The number of nitrogens with one attached hydrogen (secondary N) is 1. The van der Waals surface area contributed by atoms with Crippen LogP contribution in [0.15, 0.2) is 5.38 Å². The lowest BCUT2D eigenvalue weighted by molar-refractivity contribution is 0.708. The van der Waals surface area contributed by atoms with Crippen molar-refractivity contribution < 1.29 is 0 Å². The van der Waals surface area contributed by atoms with Gasteiger partial charge in [0.25, 0.3) is 0 Å². The van der Waals surface area contributed by atoms with Crippen molar-refractivity contribution in [2.45, 2.75) is 33.2 Å². The largest absolute Gasteiger partial charge is 0.311 e. The molecule has 0 radical (unpaired) electrons. The van der Waals surface area contributed by atoms with Crippen molar-refractivity contribution in [1.82, 2.24) is 10.3 Å². The summed E-state index contributed by atoms with van der Waals surface area (Å²) in [6.07, 6.45) is 0. The summed E-state index contributed by atoms with van der Waals surface area (Å²) < 4.78 is 0. The summed E-state index contributed by atoms with van der Waals surface area (Å²) >= 11 is 1.76. The van der Waals surface area contributed by atoms with E-state index in [9.17, 15) is 0 Å². The maximum absolute atomic E-state index is 4.50. The molecule has 0 bridgehead atoms. The molecule has 0 fully saturated rings. The highest BCUT2D eigenvalue weighted by atomic mass is 32.1. The third-order valence-electron chi connectivity index (χ3n) is 1.62. The maximum atomic E-state index is 4.50. The number of aromatic nitrogens is 1. The van der Waals surface area contributed by atoms with Gasteiger partial charge in [0.05, 0.1) is 10.7 Å². The SMILES string of the molecule is CCNCc1csc(C(C)C)n1. The molecular formula is C9H16N2S. The van der Waals surface area contributed by atoms with Gasteiger partial charge in [-0.2, -0.15) is 0 Å². The van der Waals surface area contributed by atoms with Crippen LogP contribution in [-0.4, -0.2) is 11.5 Å². The molecule has 2 nitrogen and oxygen atoms in total. The Kier molecular flexibility index (Phi) is 3.69. The fourth-order valence-electron chi connectivity index (χ4n) is 0.922. The van der Waals surface area contributed by atoms with Gasteiger partial charge in [0.2, 0.25) is 0 Å².